The first-order valence-corrected chi connectivity index (χ1v) is 10.7. The molecule has 2 amide bonds. The predicted octanol–water partition coefficient (Wildman–Crippen LogP) is 2.61. The van der Waals surface area contributed by atoms with Crippen LogP contribution in [0.25, 0.3) is 0 Å². The molecule has 1 aliphatic rings. The van der Waals surface area contributed by atoms with Crippen LogP contribution < -0.4 is 11.1 Å². The maximum atomic E-state index is 14.2. The van der Waals surface area contributed by atoms with Gasteiger partial charge in [-0.3, -0.25) is 9.59 Å². The van der Waals surface area contributed by atoms with E-state index < -0.39 is 41.5 Å². The number of nitriles is 1. The molecule has 3 N–H and O–H groups in total. The summed E-state index contributed by atoms with van der Waals surface area (Å²) in [6.45, 7) is 0.408. The Morgan fingerprint density at radius 1 is 1.12 bits per heavy atom. The van der Waals surface area contributed by atoms with Crippen molar-refractivity contribution in [3.8, 4) is 6.07 Å². The first-order valence-electron chi connectivity index (χ1n) is 10.7. The van der Waals surface area contributed by atoms with Gasteiger partial charge in [-0.25, -0.2) is 13.2 Å². The molecule has 33 heavy (non-hydrogen) atoms. The van der Waals surface area contributed by atoms with E-state index in [0.717, 1.165) is 5.56 Å². The van der Waals surface area contributed by atoms with E-state index in [2.05, 4.69) is 11.4 Å². The zero-order chi connectivity index (χ0) is 24.0. The number of likely N-dealkylation sites (tertiary alicyclic amines) is 1. The average Bonchev–Trinajstić information content (AvgIpc) is 3.27. The molecule has 0 bridgehead atoms. The molecule has 1 heterocycles. The van der Waals surface area contributed by atoms with E-state index in [-0.39, 0.29) is 30.7 Å². The lowest BCUT2D eigenvalue weighted by Crippen LogP contribution is -2.49. The fourth-order valence-electron chi connectivity index (χ4n) is 3.96. The Morgan fingerprint density at radius 2 is 1.82 bits per heavy atom. The highest BCUT2D eigenvalue weighted by atomic mass is 19.2. The van der Waals surface area contributed by atoms with Crippen molar-refractivity contribution >= 4 is 11.8 Å². The maximum absolute atomic E-state index is 14.2. The normalized spacial score (nSPS) is 17.3. The molecule has 0 radical (unpaired) electrons. The van der Waals surface area contributed by atoms with Crippen LogP contribution in [-0.4, -0.2) is 41.4 Å². The van der Waals surface area contributed by atoms with Crippen molar-refractivity contribution < 1.29 is 22.8 Å². The Labute approximate surface area is 190 Å². The summed E-state index contributed by atoms with van der Waals surface area (Å²) in [6.07, 6.45) is 0.999. The number of benzene rings is 2. The Morgan fingerprint density at radius 3 is 2.52 bits per heavy atom. The van der Waals surface area contributed by atoms with Crippen LogP contribution >= 0.6 is 0 Å². The minimum Gasteiger partial charge on any atom is -0.351 e. The number of nitrogens with two attached hydrogens (primary N) is 1. The minimum absolute atomic E-state index is 0.179. The maximum Gasteiger partial charge on any atom is 0.237 e. The van der Waals surface area contributed by atoms with Crippen molar-refractivity contribution in [2.45, 2.75) is 50.2 Å². The van der Waals surface area contributed by atoms with Gasteiger partial charge in [-0.2, -0.15) is 5.26 Å². The lowest BCUT2D eigenvalue weighted by atomic mass is 10.00. The quantitative estimate of drug-likeness (QED) is 0.594. The van der Waals surface area contributed by atoms with Gasteiger partial charge in [-0.05, 0) is 42.9 Å². The third-order valence-corrected chi connectivity index (χ3v) is 5.68. The second kappa shape index (κ2) is 11.0. The van der Waals surface area contributed by atoms with Crippen molar-refractivity contribution in [3.63, 3.8) is 0 Å². The second-order valence-electron chi connectivity index (χ2n) is 8.14. The lowest BCUT2D eigenvalue weighted by Gasteiger charge is -2.25. The van der Waals surface area contributed by atoms with E-state index in [1.54, 1.807) is 0 Å². The van der Waals surface area contributed by atoms with E-state index in [1.165, 1.54) is 4.90 Å². The Balaban J connectivity index is 1.75. The number of halogens is 3. The number of hydrogen-bond donors (Lipinski definition) is 2. The van der Waals surface area contributed by atoms with E-state index in [4.69, 9.17) is 5.73 Å². The van der Waals surface area contributed by atoms with Crippen molar-refractivity contribution in [1.82, 2.24) is 10.2 Å². The van der Waals surface area contributed by atoms with Gasteiger partial charge in [0, 0.05) is 25.1 Å². The molecule has 9 heteroatoms. The Bertz CT molecular complexity index is 1040. The summed E-state index contributed by atoms with van der Waals surface area (Å²) >= 11 is 0. The summed E-state index contributed by atoms with van der Waals surface area (Å²) < 4.78 is 41.3. The smallest absolute Gasteiger partial charge is 0.237 e. The van der Waals surface area contributed by atoms with Crippen molar-refractivity contribution in [1.29, 1.82) is 5.26 Å². The summed E-state index contributed by atoms with van der Waals surface area (Å²) in [5.74, 6) is -4.48. The topological polar surface area (TPSA) is 99.2 Å². The van der Waals surface area contributed by atoms with Gasteiger partial charge in [0.15, 0.2) is 11.6 Å². The highest BCUT2D eigenvalue weighted by molar-refractivity contribution is 5.83. The van der Waals surface area contributed by atoms with Gasteiger partial charge in [-0.15, -0.1) is 0 Å². The number of amides is 2. The third-order valence-electron chi connectivity index (χ3n) is 5.68. The van der Waals surface area contributed by atoms with Crippen molar-refractivity contribution in [3.05, 3.63) is 71.0 Å². The molecule has 1 fully saturated rings. The van der Waals surface area contributed by atoms with Crippen LogP contribution in [0.2, 0.25) is 0 Å². The third kappa shape index (κ3) is 6.33. The molecular weight excluding hydrogens is 433 g/mol. The number of nitrogens with zero attached hydrogens (tertiary/aromatic N) is 2. The van der Waals surface area contributed by atoms with Gasteiger partial charge < -0.3 is 16.0 Å². The summed E-state index contributed by atoms with van der Waals surface area (Å²) in [5, 5.41) is 11.9. The molecule has 174 valence electrons. The summed E-state index contributed by atoms with van der Waals surface area (Å²) in [7, 11) is 0. The molecule has 2 aromatic carbocycles. The SMILES string of the molecule is N#CC1CCCN1C(=O)C[C@H](Cc1cc(F)c(F)cc1F)NC(=O)C(N)Cc1ccccc1. The predicted molar refractivity (Wildman–Crippen MR) is 115 cm³/mol. The monoisotopic (exact) mass is 458 g/mol. The van der Waals surface area contributed by atoms with Crippen LogP contribution in [0.5, 0.6) is 0 Å². The molecule has 1 aliphatic heterocycles. The van der Waals surface area contributed by atoms with Gasteiger partial charge >= 0.3 is 0 Å². The number of rotatable bonds is 8. The molecule has 6 nitrogen and oxygen atoms in total. The summed E-state index contributed by atoms with van der Waals surface area (Å²) in [6, 6.07) is 9.90. The Kier molecular flexibility index (Phi) is 8.06. The number of carbonyl (C=O) groups excluding carboxylic acids is 2. The molecule has 1 saturated heterocycles. The first-order chi connectivity index (χ1) is 15.8. The zero-order valence-electron chi connectivity index (χ0n) is 17.9. The van der Waals surface area contributed by atoms with Gasteiger partial charge in [0.2, 0.25) is 11.8 Å². The molecule has 0 aliphatic carbocycles. The number of hydrogen-bond acceptors (Lipinski definition) is 4. The molecule has 3 rings (SSSR count). The lowest BCUT2D eigenvalue weighted by molar-refractivity contribution is -0.132. The van der Waals surface area contributed by atoms with Crippen molar-refractivity contribution in [2.24, 2.45) is 5.73 Å². The zero-order valence-corrected chi connectivity index (χ0v) is 17.9. The largest absolute Gasteiger partial charge is 0.351 e. The molecule has 0 saturated carbocycles. The first kappa shape index (κ1) is 24.3. The van der Waals surface area contributed by atoms with Gasteiger partial charge in [-0.1, -0.05) is 30.3 Å². The van der Waals surface area contributed by atoms with Crippen LogP contribution in [0.1, 0.15) is 30.4 Å². The van der Waals surface area contributed by atoms with Crippen molar-refractivity contribution in [2.75, 3.05) is 6.54 Å². The van der Waals surface area contributed by atoms with Gasteiger partial charge in [0.1, 0.15) is 11.9 Å². The fourth-order valence-corrected chi connectivity index (χ4v) is 3.96. The van der Waals surface area contributed by atoms with E-state index >= 15 is 0 Å². The summed E-state index contributed by atoms with van der Waals surface area (Å²) in [4.78, 5) is 27.0. The van der Waals surface area contributed by atoms with Gasteiger partial charge in [0.25, 0.3) is 0 Å². The number of nitrogens with one attached hydrogen (secondary N) is 1. The van der Waals surface area contributed by atoms with Gasteiger partial charge in [0.05, 0.1) is 12.1 Å². The van der Waals surface area contributed by atoms with Crippen LogP contribution in [0.15, 0.2) is 42.5 Å². The average molecular weight is 458 g/mol. The molecular formula is C24H25F3N4O2. The minimum atomic E-state index is -1.33. The Hall–Kier alpha value is -3.38. The van der Waals surface area contributed by atoms with Crippen LogP contribution in [0, 0.1) is 28.8 Å². The number of carbonyl (C=O) groups is 2. The van der Waals surface area contributed by atoms with Crippen LogP contribution in [-0.2, 0) is 22.4 Å². The highest BCUT2D eigenvalue weighted by Crippen LogP contribution is 2.20. The van der Waals surface area contributed by atoms with E-state index in [9.17, 15) is 28.0 Å². The molecule has 3 atom stereocenters. The van der Waals surface area contributed by atoms with E-state index in [1.807, 2.05) is 30.3 Å². The highest BCUT2D eigenvalue weighted by Gasteiger charge is 2.31. The van der Waals surface area contributed by atoms with E-state index in [0.29, 0.717) is 31.5 Å². The summed E-state index contributed by atoms with van der Waals surface area (Å²) in [5.41, 5.74) is 6.69. The fraction of sp³-hybridized carbons (Fsp3) is 0.375. The standard InChI is InChI=1S/C24H25F3N4O2/c25-19-13-21(27)20(26)11-16(19)10-17(12-23(32)31-8-4-7-18(31)14-28)30-24(33)22(29)9-15-5-2-1-3-6-15/h1-3,5-6,11,13,17-18,22H,4,7-10,12,29H2,(H,30,33)/t17-,18?,22?/m0/s1. The molecule has 0 aromatic heterocycles. The molecule has 0 spiro atoms. The van der Waals surface area contributed by atoms with Crippen LogP contribution in [0.4, 0.5) is 13.2 Å². The second-order valence-corrected chi connectivity index (χ2v) is 8.14. The van der Waals surface area contributed by atoms with Crippen LogP contribution in [0.3, 0.4) is 0 Å². The molecule has 2 unspecified atom stereocenters. The molecule has 2 aromatic rings.